The molecule has 0 spiro atoms. The minimum Gasteiger partial charge on any atom is -0.367 e. The molecule has 1 aromatic carbocycles. The summed E-state index contributed by atoms with van der Waals surface area (Å²) in [4.78, 5) is 15.4. The molecule has 0 aliphatic carbocycles. The number of rotatable bonds is 7. The summed E-state index contributed by atoms with van der Waals surface area (Å²) >= 11 is 0. The molecule has 0 atom stereocenters. The summed E-state index contributed by atoms with van der Waals surface area (Å²) in [7, 11) is 1.84. The third-order valence-electron chi connectivity index (χ3n) is 3.56. The van der Waals surface area contributed by atoms with E-state index in [-0.39, 0.29) is 11.9 Å². The van der Waals surface area contributed by atoms with Crippen LogP contribution in [0.3, 0.4) is 0 Å². The van der Waals surface area contributed by atoms with Gasteiger partial charge in [0.15, 0.2) is 0 Å². The first-order chi connectivity index (χ1) is 17.0. The summed E-state index contributed by atoms with van der Waals surface area (Å²) in [5.74, 6) is 0.0486. The standard InChI is InChI=1S/C14H14N2O.C9H18N4.3C2H6/c1-4-10(2)14(17)16-9-13-6-5-12(8-15)7-11(13)3;1-7(2)6-13(5)12-9(10)11-8(3)4;3*1-2/h4-7H,1-2,9H2,3H3,(H,16,17);1,6H2,2-5H3,(H2,10,12);3*1-2H3. The zero-order valence-corrected chi connectivity index (χ0v) is 24.6. The van der Waals surface area contributed by atoms with Gasteiger partial charge < -0.3 is 11.1 Å². The van der Waals surface area contributed by atoms with Gasteiger partial charge in [-0.1, -0.05) is 79.0 Å². The minimum atomic E-state index is -0.233. The summed E-state index contributed by atoms with van der Waals surface area (Å²) in [5, 5.41) is 17.2. The number of nitrogens with zero attached hydrogens (tertiary/aromatic N) is 4. The van der Waals surface area contributed by atoms with Gasteiger partial charge in [-0.05, 0) is 51.0 Å². The number of carbonyl (C=O) groups excluding carboxylic acids is 1. The zero-order chi connectivity index (χ0) is 29.3. The Bertz CT molecular complexity index is 888. The number of hydrazone groups is 1. The van der Waals surface area contributed by atoms with E-state index in [0.717, 1.165) is 22.4 Å². The van der Waals surface area contributed by atoms with Crippen molar-refractivity contribution in [3.63, 3.8) is 0 Å². The molecule has 0 aliphatic heterocycles. The second-order valence-electron chi connectivity index (χ2n) is 6.96. The summed E-state index contributed by atoms with van der Waals surface area (Å²) in [5.41, 5.74) is 10.4. The van der Waals surface area contributed by atoms with Crippen LogP contribution in [0.15, 0.2) is 65.3 Å². The molecule has 0 saturated heterocycles. The van der Waals surface area contributed by atoms with Gasteiger partial charge in [-0.3, -0.25) is 9.80 Å². The predicted molar refractivity (Wildman–Crippen MR) is 159 cm³/mol. The predicted octanol–water partition coefficient (Wildman–Crippen LogP) is 6.51. The number of carbonyl (C=O) groups is 1. The molecule has 0 aromatic heterocycles. The number of hydrogen-bond acceptors (Lipinski definition) is 4. The van der Waals surface area contributed by atoms with Gasteiger partial charge in [0.05, 0.1) is 18.2 Å². The van der Waals surface area contributed by atoms with Crippen LogP contribution >= 0.6 is 0 Å². The van der Waals surface area contributed by atoms with Gasteiger partial charge in [0, 0.05) is 24.9 Å². The molecule has 0 saturated carbocycles. The van der Waals surface area contributed by atoms with Crippen LogP contribution in [-0.2, 0) is 11.3 Å². The second kappa shape index (κ2) is 26.0. The average Bonchev–Trinajstić information content (AvgIpc) is 2.85. The monoisotopic (exact) mass is 498 g/mol. The Morgan fingerprint density at radius 2 is 1.67 bits per heavy atom. The van der Waals surface area contributed by atoms with Crippen molar-refractivity contribution in [1.29, 1.82) is 5.26 Å². The number of hydrogen-bond donors (Lipinski definition) is 2. The lowest BCUT2D eigenvalue weighted by atomic mass is 10.1. The number of amides is 1. The first-order valence-electron chi connectivity index (χ1n) is 12.3. The number of benzene rings is 1. The largest absolute Gasteiger partial charge is 0.367 e. The Labute approximate surface area is 221 Å². The fourth-order valence-corrected chi connectivity index (χ4v) is 2.20. The van der Waals surface area contributed by atoms with E-state index in [2.05, 4.69) is 41.2 Å². The Morgan fingerprint density at radius 1 is 1.14 bits per heavy atom. The summed E-state index contributed by atoms with van der Waals surface area (Å²) in [6.45, 7) is 31.5. The molecule has 36 heavy (non-hydrogen) atoms. The maximum absolute atomic E-state index is 11.4. The van der Waals surface area contributed by atoms with Crippen molar-refractivity contribution < 1.29 is 4.79 Å². The number of likely N-dealkylation sites (N-methyl/N-ethyl adjacent to an activating group) is 1. The van der Waals surface area contributed by atoms with E-state index in [1.165, 1.54) is 6.08 Å². The lowest BCUT2D eigenvalue weighted by molar-refractivity contribution is -0.117. The van der Waals surface area contributed by atoms with Crippen molar-refractivity contribution in [2.45, 2.75) is 75.8 Å². The lowest BCUT2D eigenvalue weighted by Gasteiger charge is -2.12. The highest BCUT2D eigenvalue weighted by Gasteiger charge is 2.05. The smallest absolute Gasteiger partial charge is 0.250 e. The van der Waals surface area contributed by atoms with Crippen molar-refractivity contribution >= 4 is 17.6 Å². The van der Waals surface area contributed by atoms with E-state index in [0.29, 0.717) is 24.2 Å². The van der Waals surface area contributed by atoms with Crippen LogP contribution in [0.2, 0.25) is 0 Å². The average molecular weight is 499 g/mol. The quantitative estimate of drug-likeness (QED) is 0.112. The molecule has 3 N–H and O–H groups in total. The van der Waals surface area contributed by atoms with Crippen molar-refractivity contribution in [2.24, 2.45) is 15.8 Å². The minimum absolute atomic E-state index is 0.233. The third-order valence-corrected chi connectivity index (χ3v) is 3.56. The molecule has 1 amide bonds. The van der Waals surface area contributed by atoms with Crippen LogP contribution < -0.4 is 11.1 Å². The van der Waals surface area contributed by atoms with Crippen LogP contribution in [0, 0.1) is 18.3 Å². The van der Waals surface area contributed by atoms with E-state index in [9.17, 15) is 4.79 Å². The Morgan fingerprint density at radius 3 is 2.06 bits per heavy atom. The first kappa shape index (κ1) is 39.5. The number of nitriles is 1. The molecule has 202 valence electrons. The van der Waals surface area contributed by atoms with Crippen LogP contribution in [0.1, 0.15) is 79.0 Å². The molecule has 0 fully saturated rings. The highest BCUT2D eigenvalue weighted by atomic mass is 16.1. The number of nitrogens with one attached hydrogen (secondary N) is 1. The normalized spacial score (nSPS) is 8.78. The number of nitrogens with two attached hydrogens (primary N) is 1. The highest BCUT2D eigenvalue weighted by molar-refractivity contribution is 5.95. The van der Waals surface area contributed by atoms with Crippen LogP contribution in [0.25, 0.3) is 0 Å². The molecular formula is C29H50N6O. The SMILES string of the molecule is C=C(C)CN(C)/N=C(/N)N=C(C)C.C=CC(=C)C(=O)NCc1ccc(C#N)cc1C.CC.CC.CC. The summed E-state index contributed by atoms with van der Waals surface area (Å²) < 4.78 is 0. The van der Waals surface area contributed by atoms with Crippen molar-refractivity contribution in [3.05, 3.63) is 71.8 Å². The zero-order valence-electron chi connectivity index (χ0n) is 24.6. The van der Waals surface area contributed by atoms with Gasteiger partial charge in [0.2, 0.25) is 5.96 Å². The third kappa shape index (κ3) is 22.1. The van der Waals surface area contributed by atoms with Gasteiger partial charge in [-0.25, -0.2) is 4.99 Å². The second-order valence-corrected chi connectivity index (χ2v) is 6.96. The Hall–Kier alpha value is -3.66. The van der Waals surface area contributed by atoms with E-state index < -0.39 is 0 Å². The molecular weight excluding hydrogens is 448 g/mol. The highest BCUT2D eigenvalue weighted by Crippen LogP contribution is 2.10. The summed E-state index contributed by atoms with van der Waals surface area (Å²) in [6, 6.07) is 7.44. The van der Waals surface area contributed by atoms with Crippen LogP contribution in [0.4, 0.5) is 0 Å². The molecule has 1 aromatic rings. The molecule has 0 aliphatic rings. The van der Waals surface area contributed by atoms with Gasteiger partial charge >= 0.3 is 0 Å². The first-order valence-corrected chi connectivity index (χ1v) is 12.3. The molecule has 0 radical (unpaired) electrons. The lowest BCUT2D eigenvalue weighted by Crippen LogP contribution is -2.23. The fraction of sp³-hybridized carbons (Fsp3) is 0.448. The molecule has 7 nitrogen and oxygen atoms in total. The maximum Gasteiger partial charge on any atom is 0.250 e. The van der Waals surface area contributed by atoms with E-state index in [4.69, 9.17) is 11.0 Å². The fourth-order valence-electron chi connectivity index (χ4n) is 2.20. The number of guanidine groups is 1. The van der Waals surface area contributed by atoms with Gasteiger partial charge in [0.1, 0.15) is 0 Å². The van der Waals surface area contributed by atoms with Crippen molar-refractivity contribution in [3.8, 4) is 6.07 Å². The molecule has 7 heteroatoms. The van der Waals surface area contributed by atoms with E-state index in [1.54, 1.807) is 17.1 Å². The molecule has 0 unspecified atom stereocenters. The van der Waals surface area contributed by atoms with Crippen molar-refractivity contribution in [2.75, 3.05) is 13.6 Å². The Kier molecular flexibility index (Phi) is 28.5. The molecule has 1 rings (SSSR count). The topological polar surface area (TPSA) is 107 Å². The Balaban J connectivity index is -0.000000241. The van der Waals surface area contributed by atoms with Crippen molar-refractivity contribution in [1.82, 2.24) is 10.3 Å². The number of aryl methyl sites for hydroxylation is 1. The molecule has 0 heterocycles. The number of aliphatic imine (C=N–C) groups is 1. The maximum atomic E-state index is 11.4. The van der Waals surface area contributed by atoms with Crippen LogP contribution in [-0.4, -0.2) is 36.2 Å². The van der Waals surface area contributed by atoms with E-state index >= 15 is 0 Å². The van der Waals surface area contributed by atoms with Gasteiger partial charge in [-0.2, -0.15) is 5.26 Å². The summed E-state index contributed by atoms with van der Waals surface area (Å²) in [6.07, 6.45) is 1.42. The van der Waals surface area contributed by atoms with Crippen LogP contribution in [0.5, 0.6) is 0 Å². The molecule has 0 bridgehead atoms. The van der Waals surface area contributed by atoms with E-state index in [1.807, 2.05) is 82.4 Å². The van der Waals surface area contributed by atoms with Gasteiger partial charge in [0.25, 0.3) is 5.91 Å². The van der Waals surface area contributed by atoms with Gasteiger partial charge in [-0.15, -0.1) is 5.10 Å².